The van der Waals surface area contributed by atoms with Crippen molar-refractivity contribution in [3.05, 3.63) is 11.6 Å². The molecule has 0 bridgehead atoms. The molecule has 0 aromatic carbocycles. The third-order valence-electron chi connectivity index (χ3n) is 22.6. The number of ether oxygens (including phenoxy) is 10. The van der Waals surface area contributed by atoms with Crippen molar-refractivity contribution < 1.29 is 144 Å². The molecule has 0 aromatic rings. The number of carbonyl (C=O) groups excluding carboxylic acids is 1. The van der Waals surface area contributed by atoms with E-state index in [-0.39, 0.29) is 31.6 Å². The SMILES string of the molecule is C[C@@H]1O[C@@H](O[C@@H]2[C@@H](O)[C@H](O[C@@H]3[C@@H](O)[C@@H](O)[C@H](O[C@H]4[C@H](OC(=O)[C@]56CCC(C)(C)C[C@H]5C5=CC[C@@H]7[C@@]8(C)C[C@H](O)[C@H](O[C@@H]9O[C@H](C(=O)O)[C@@H](O)[C@H](O)[C@H]9O)[C@@](C)(CO)[C@@H]8[C@H](O)C[C@@]7(C)[C@]5(C)C[C@H]6O)OC[C@@H](O)[C@@H]4O)O[C@H]3C)OC[C@H]2O)[C@H](O)[C@H](O)[C@H]1O. The van der Waals surface area contributed by atoms with Crippen LogP contribution >= 0.6 is 0 Å². The van der Waals surface area contributed by atoms with Crippen LogP contribution in [-0.2, 0) is 57.0 Å². The zero-order valence-electron chi connectivity index (χ0n) is 50.0. The molecule has 5 aliphatic heterocycles. The van der Waals surface area contributed by atoms with E-state index in [4.69, 9.17) is 47.4 Å². The summed E-state index contributed by atoms with van der Waals surface area (Å²) in [5, 5.41) is 190. The number of aliphatic hydroxyl groups excluding tert-OH is 16. The molecule has 498 valence electrons. The Kier molecular flexibility index (Phi) is 18.8. The Hall–Kier alpha value is -2.32. The topological polar surface area (TPSA) is 470 Å². The van der Waals surface area contributed by atoms with Crippen LogP contribution in [0.3, 0.4) is 0 Å². The predicted molar refractivity (Wildman–Crippen MR) is 287 cm³/mol. The first-order valence-corrected chi connectivity index (χ1v) is 30.3. The summed E-state index contributed by atoms with van der Waals surface area (Å²) in [6.07, 6.45) is -41.7. The molecule has 5 aliphatic carbocycles. The summed E-state index contributed by atoms with van der Waals surface area (Å²) in [6, 6.07) is 0. The molecule has 0 aromatic heterocycles. The van der Waals surface area contributed by atoms with Crippen molar-refractivity contribution in [3.63, 3.8) is 0 Å². The molecule has 29 nitrogen and oxygen atoms in total. The largest absolute Gasteiger partial charge is 0.479 e. The van der Waals surface area contributed by atoms with Gasteiger partial charge in [-0.2, -0.15) is 0 Å². The van der Waals surface area contributed by atoms with Crippen molar-refractivity contribution in [3.8, 4) is 0 Å². The molecule has 9 fully saturated rings. The Morgan fingerprint density at radius 2 is 1.13 bits per heavy atom. The molecule has 4 saturated carbocycles. The third-order valence-corrected chi connectivity index (χ3v) is 22.6. The summed E-state index contributed by atoms with van der Waals surface area (Å²) in [5.41, 5.74) is -5.53. The molecular formula is C58H92O29. The lowest BCUT2D eigenvalue weighted by Crippen LogP contribution is -2.73. The fourth-order valence-corrected chi connectivity index (χ4v) is 17.8. The van der Waals surface area contributed by atoms with Gasteiger partial charge in [-0.05, 0) is 92.3 Å². The summed E-state index contributed by atoms with van der Waals surface area (Å²) in [6.45, 7) is 12.8. The van der Waals surface area contributed by atoms with Gasteiger partial charge in [-0.1, -0.05) is 53.2 Å². The van der Waals surface area contributed by atoms with Gasteiger partial charge in [0.1, 0.15) is 90.9 Å². The Labute approximate surface area is 502 Å². The fourth-order valence-electron chi connectivity index (χ4n) is 17.8. The van der Waals surface area contributed by atoms with E-state index in [1.807, 2.05) is 20.8 Å². The standard InChI is InChI=1S/C58H92O29/c1-20-30(65)32(67)36(71)48(80-20)83-41-27(63)18-78-47(39(41)74)82-40-21(2)81-49(38(73)35(40)70)85-43-31(66)26(62)17-79-51(43)87-52(77)58-12-11-53(3,4)13-23(58)22-9-10-28-54(5)14-25(61)45(86-50-37(72)33(68)34(69)42(84-50)46(75)76)55(6,19-59)44(54)24(60)15-57(28,8)56(22,7)16-29(58)64/h9,20-21,23-45,47-51,59-74H,10-19H2,1-8H3,(H,75,76)/t20-,21-,23-,24+,25-,26+,27+,28+,29+,30-,31-,32+,33-,34-,35-,36+,37+,38+,39+,40-,41-,42-,43+,44+,45-,47-,48-,49-,50-,51-,54+,55-,56+,57+,58+/m0/s1. The second-order valence-corrected chi connectivity index (χ2v) is 28.5. The highest BCUT2D eigenvalue weighted by atomic mass is 16.8. The number of carbonyl (C=O) groups is 2. The van der Waals surface area contributed by atoms with E-state index < -0.39 is 242 Å². The van der Waals surface area contributed by atoms with Crippen LogP contribution in [0, 0.1) is 50.2 Å². The van der Waals surface area contributed by atoms with Gasteiger partial charge < -0.3 is 134 Å². The van der Waals surface area contributed by atoms with Crippen LogP contribution in [-0.4, -0.2) is 284 Å². The van der Waals surface area contributed by atoms with Gasteiger partial charge in [-0.3, -0.25) is 4.79 Å². The molecule has 0 spiro atoms. The summed E-state index contributed by atoms with van der Waals surface area (Å²) < 4.78 is 58.4. The molecule has 5 saturated heterocycles. The fraction of sp³-hybridized carbons (Fsp3) is 0.931. The molecule has 0 unspecified atom stereocenters. The molecular weight excluding hydrogens is 1160 g/mol. The molecule has 29 heteroatoms. The van der Waals surface area contributed by atoms with Gasteiger partial charge in [0.05, 0.1) is 56.4 Å². The normalized spacial score (nSPS) is 55.9. The van der Waals surface area contributed by atoms with E-state index in [9.17, 15) is 91.6 Å². The molecule has 35 atom stereocenters. The van der Waals surface area contributed by atoms with Gasteiger partial charge >= 0.3 is 11.9 Å². The smallest absolute Gasteiger partial charge is 0.335 e. The van der Waals surface area contributed by atoms with Crippen LogP contribution in [0.4, 0.5) is 0 Å². The van der Waals surface area contributed by atoms with Gasteiger partial charge in [0.2, 0.25) is 6.29 Å². The highest BCUT2D eigenvalue weighted by Crippen LogP contribution is 2.76. The first-order chi connectivity index (χ1) is 40.5. The monoisotopic (exact) mass is 1250 g/mol. The first-order valence-electron chi connectivity index (χ1n) is 30.3. The molecule has 10 aliphatic rings. The van der Waals surface area contributed by atoms with Gasteiger partial charge in [0, 0.05) is 11.3 Å². The summed E-state index contributed by atoms with van der Waals surface area (Å²) in [5.74, 6) is -4.45. The van der Waals surface area contributed by atoms with Gasteiger partial charge in [-0.15, -0.1) is 0 Å². The second-order valence-electron chi connectivity index (χ2n) is 28.5. The number of hydrogen-bond acceptors (Lipinski definition) is 28. The number of fused-ring (bicyclic) bond motifs is 7. The number of carboxylic acids is 1. The third kappa shape index (κ3) is 11.0. The average Bonchev–Trinajstić information content (AvgIpc) is 0.671. The number of allylic oxidation sites excluding steroid dienone is 2. The number of aliphatic hydroxyl groups is 16. The van der Waals surface area contributed by atoms with Crippen molar-refractivity contribution in [2.24, 2.45) is 50.2 Å². The Balaban J connectivity index is 0.866. The van der Waals surface area contributed by atoms with Crippen molar-refractivity contribution in [1.82, 2.24) is 0 Å². The minimum absolute atomic E-state index is 0.0235. The number of aliphatic carboxylic acids is 1. The van der Waals surface area contributed by atoms with E-state index in [1.165, 1.54) is 13.8 Å². The number of carboxylic acid groups (broad SMARTS) is 1. The number of hydrogen-bond donors (Lipinski definition) is 17. The van der Waals surface area contributed by atoms with Crippen LogP contribution in [0.2, 0.25) is 0 Å². The Morgan fingerprint density at radius 1 is 0.552 bits per heavy atom. The molecule has 5 heterocycles. The van der Waals surface area contributed by atoms with Crippen LogP contribution in [0.25, 0.3) is 0 Å². The maximum Gasteiger partial charge on any atom is 0.335 e. The predicted octanol–water partition coefficient (Wildman–Crippen LogP) is -4.90. The van der Waals surface area contributed by atoms with Crippen molar-refractivity contribution >= 4 is 11.9 Å². The second kappa shape index (κ2) is 24.2. The molecule has 10 rings (SSSR count). The Bertz CT molecular complexity index is 2510. The number of esters is 1. The van der Waals surface area contributed by atoms with Crippen LogP contribution in [0.15, 0.2) is 11.6 Å². The van der Waals surface area contributed by atoms with E-state index in [1.54, 1.807) is 6.92 Å². The summed E-state index contributed by atoms with van der Waals surface area (Å²) >= 11 is 0. The number of rotatable bonds is 12. The zero-order chi connectivity index (χ0) is 63.9. The van der Waals surface area contributed by atoms with Crippen LogP contribution in [0.1, 0.15) is 100 Å². The molecule has 0 radical (unpaired) electrons. The minimum Gasteiger partial charge on any atom is -0.479 e. The maximum atomic E-state index is 15.5. The summed E-state index contributed by atoms with van der Waals surface area (Å²) in [7, 11) is 0. The lowest BCUT2D eigenvalue weighted by Gasteiger charge is -2.73. The summed E-state index contributed by atoms with van der Waals surface area (Å²) in [4.78, 5) is 27.4. The van der Waals surface area contributed by atoms with E-state index in [2.05, 4.69) is 19.9 Å². The van der Waals surface area contributed by atoms with Gasteiger partial charge in [0.25, 0.3) is 0 Å². The van der Waals surface area contributed by atoms with Gasteiger partial charge in [0.15, 0.2) is 37.4 Å². The van der Waals surface area contributed by atoms with E-state index in [0.717, 1.165) is 5.57 Å². The first kappa shape index (κ1) is 67.6. The lowest BCUT2D eigenvalue weighted by molar-refractivity contribution is -0.377. The Morgan fingerprint density at radius 3 is 1.77 bits per heavy atom. The molecule has 0 amide bonds. The quantitative estimate of drug-likeness (QED) is 0.0495. The average molecular weight is 1250 g/mol. The van der Waals surface area contributed by atoms with E-state index >= 15 is 4.79 Å². The van der Waals surface area contributed by atoms with Crippen molar-refractivity contribution in [2.75, 3.05) is 19.8 Å². The molecule has 87 heavy (non-hydrogen) atoms. The van der Waals surface area contributed by atoms with Crippen LogP contribution in [0.5, 0.6) is 0 Å². The van der Waals surface area contributed by atoms with E-state index in [0.29, 0.717) is 19.3 Å². The highest BCUT2D eigenvalue weighted by molar-refractivity contribution is 5.80. The van der Waals surface area contributed by atoms with Gasteiger partial charge in [-0.25, -0.2) is 4.79 Å². The lowest BCUT2D eigenvalue weighted by atomic mass is 9.32. The molecule has 17 N–H and O–H groups in total. The van der Waals surface area contributed by atoms with Crippen LogP contribution < -0.4 is 0 Å². The van der Waals surface area contributed by atoms with Crippen molar-refractivity contribution in [2.45, 2.75) is 266 Å². The highest BCUT2D eigenvalue weighted by Gasteiger charge is 2.75. The minimum atomic E-state index is -2.01. The maximum absolute atomic E-state index is 15.5. The zero-order valence-corrected chi connectivity index (χ0v) is 50.0. The van der Waals surface area contributed by atoms with Crippen molar-refractivity contribution in [1.29, 1.82) is 0 Å².